The Morgan fingerprint density at radius 1 is 0.800 bits per heavy atom. The Labute approximate surface area is 211 Å². The Bertz CT molecular complexity index is 1250. The Hall–Kier alpha value is -3.83. The van der Waals surface area contributed by atoms with Gasteiger partial charge in [-0.15, -0.1) is 11.8 Å². The zero-order valence-electron chi connectivity index (χ0n) is 19.8. The second-order valence-electron chi connectivity index (χ2n) is 8.21. The largest absolute Gasteiger partial charge is 0.322 e. The molecule has 0 saturated carbocycles. The van der Waals surface area contributed by atoms with Crippen LogP contribution >= 0.6 is 11.8 Å². The Balaban J connectivity index is 1.54. The van der Waals surface area contributed by atoms with Crippen LogP contribution in [0.2, 0.25) is 0 Å². The van der Waals surface area contributed by atoms with E-state index in [9.17, 15) is 9.59 Å². The number of hydrogen-bond donors (Lipinski definition) is 1. The fourth-order valence-electron chi connectivity index (χ4n) is 3.81. The summed E-state index contributed by atoms with van der Waals surface area (Å²) < 4.78 is 0. The van der Waals surface area contributed by atoms with Gasteiger partial charge in [0.1, 0.15) is 0 Å². The predicted molar refractivity (Wildman–Crippen MR) is 146 cm³/mol. The third kappa shape index (κ3) is 6.19. The van der Waals surface area contributed by atoms with E-state index in [0.717, 1.165) is 21.8 Å². The van der Waals surface area contributed by atoms with E-state index in [0.29, 0.717) is 17.7 Å². The molecule has 0 saturated heterocycles. The number of carbonyl (C=O) groups excluding carboxylic acids is 2. The molecule has 0 fully saturated rings. The minimum atomic E-state index is -0.293. The number of carbonyl (C=O) groups is 2. The monoisotopic (exact) mass is 480 g/mol. The number of hydrogen-bond acceptors (Lipinski definition) is 3. The number of nitrogens with one attached hydrogen (secondary N) is 1. The second-order valence-corrected chi connectivity index (χ2v) is 9.49. The fourth-order valence-corrected chi connectivity index (χ4v) is 4.86. The van der Waals surface area contributed by atoms with Crippen LogP contribution in [0.25, 0.3) is 0 Å². The van der Waals surface area contributed by atoms with Crippen molar-refractivity contribution in [3.8, 4) is 0 Å². The predicted octanol–water partition coefficient (Wildman–Crippen LogP) is 7.48. The first-order valence-corrected chi connectivity index (χ1v) is 12.5. The number of amides is 2. The van der Waals surface area contributed by atoms with Crippen molar-refractivity contribution in [3.63, 3.8) is 0 Å². The van der Waals surface area contributed by atoms with Crippen molar-refractivity contribution in [1.82, 2.24) is 0 Å². The van der Waals surface area contributed by atoms with Gasteiger partial charge in [-0.3, -0.25) is 14.5 Å². The molecule has 0 spiro atoms. The van der Waals surface area contributed by atoms with Crippen LogP contribution in [-0.4, -0.2) is 17.1 Å². The molecule has 0 radical (unpaired) electrons. The van der Waals surface area contributed by atoms with Gasteiger partial charge in [0.05, 0.1) is 5.25 Å². The third-order valence-corrected chi connectivity index (χ3v) is 6.89. The Morgan fingerprint density at radius 3 is 2.03 bits per heavy atom. The summed E-state index contributed by atoms with van der Waals surface area (Å²) in [6.07, 6.45) is 0.666. The number of nitrogens with zero attached hydrogens (tertiary/aromatic N) is 1. The molecule has 0 aromatic heterocycles. The summed E-state index contributed by atoms with van der Waals surface area (Å²) in [6, 6.07) is 34.6. The number of para-hydroxylation sites is 2. The van der Waals surface area contributed by atoms with Gasteiger partial charge in [-0.2, -0.15) is 0 Å². The van der Waals surface area contributed by atoms with Gasteiger partial charge in [-0.1, -0.05) is 67.1 Å². The van der Waals surface area contributed by atoms with Gasteiger partial charge in [0, 0.05) is 27.5 Å². The quantitative estimate of drug-likeness (QED) is 0.266. The maximum absolute atomic E-state index is 13.8. The molecule has 35 heavy (non-hydrogen) atoms. The van der Waals surface area contributed by atoms with Gasteiger partial charge < -0.3 is 5.32 Å². The number of rotatable bonds is 8. The average molecular weight is 481 g/mol. The van der Waals surface area contributed by atoms with E-state index < -0.39 is 0 Å². The molecular weight excluding hydrogens is 452 g/mol. The highest BCUT2D eigenvalue weighted by Gasteiger charge is 2.26. The van der Waals surface area contributed by atoms with E-state index in [1.807, 2.05) is 117 Å². The maximum Gasteiger partial charge on any atom is 0.255 e. The number of aryl methyl sites for hydroxylation is 1. The first-order chi connectivity index (χ1) is 17.0. The molecule has 1 atom stereocenters. The molecule has 1 unspecified atom stereocenters. The Kier molecular flexibility index (Phi) is 8.01. The van der Waals surface area contributed by atoms with Gasteiger partial charge in [0.15, 0.2) is 0 Å². The molecule has 4 nitrogen and oxygen atoms in total. The summed E-state index contributed by atoms with van der Waals surface area (Å²) in [5.74, 6) is -0.137. The van der Waals surface area contributed by atoms with Crippen LogP contribution in [0.15, 0.2) is 114 Å². The van der Waals surface area contributed by atoms with Crippen molar-refractivity contribution in [2.75, 3.05) is 10.2 Å². The van der Waals surface area contributed by atoms with Crippen LogP contribution in [0.4, 0.5) is 17.1 Å². The molecule has 5 heteroatoms. The van der Waals surface area contributed by atoms with Gasteiger partial charge >= 0.3 is 0 Å². The Morgan fingerprint density at radius 2 is 1.43 bits per heavy atom. The molecule has 0 bridgehead atoms. The van der Waals surface area contributed by atoms with E-state index >= 15 is 0 Å². The fraction of sp³-hybridized carbons (Fsp3) is 0.133. The normalized spacial score (nSPS) is 11.5. The zero-order valence-corrected chi connectivity index (χ0v) is 20.7. The molecule has 4 rings (SSSR count). The molecule has 1 N–H and O–H groups in total. The summed E-state index contributed by atoms with van der Waals surface area (Å²) in [7, 11) is 0. The summed E-state index contributed by atoms with van der Waals surface area (Å²) in [5.41, 5.74) is 4.02. The SMILES string of the molecule is CCC(Sc1cccc(NC(=O)c2cccc(C)c2)c1)C(=O)N(c1ccccc1)c1ccccc1. The third-order valence-electron chi connectivity index (χ3n) is 5.55. The van der Waals surface area contributed by atoms with Crippen LogP contribution in [0.1, 0.15) is 29.3 Å². The second kappa shape index (κ2) is 11.5. The van der Waals surface area contributed by atoms with Crippen molar-refractivity contribution in [1.29, 1.82) is 0 Å². The van der Waals surface area contributed by atoms with Crippen LogP contribution < -0.4 is 10.2 Å². The minimum absolute atomic E-state index is 0.0177. The van der Waals surface area contributed by atoms with Crippen LogP contribution in [-0.2, 0) is 4.79 Å². The number of benzene rings is 4. The van der Waals surface area contributed by atoms with Crippen molar-refractivity contribution >= 4 is 40.6 Å². The first-order valence-electron chi connectivity index (χ1n) is 11.6. The lowest BCUT2D eigenvalue weighted by molar-refractivity contribution is -0.117. The van der Waals surface area contributed by atoms with Gasteiger partial charge in [0.25, 0.3) is 5.91 Å². The highest BCUT2D eigenvalue weighted by molar-refractivity contribution is 8.00. The lowest BCUT2D eigenvalue weighted by Gasteiger charge is -2.27. The summed E-state index contributed by atoms with van der Waals surface area (Å²) in [5, 5.41) is 2.68. The van der Waals surface area contributed by atoms with Crippen LogP contribution in [0.3, 0.4) is 0 Å². The number of anilines is 3. The van der Waals surface area contributed by atoms with E-state index in [4.69, 9.17) is 0 Å². The van der Waals surface area contributed by atoms with Crippen molar-refractivity contribution in [3.05, 3.63) is 120 Å². The summed E-state index contributed by atoms with van der Waals surface area (Å²) in [6.45, 7) is 3.98. The molecule has 4 aromatic rings. The van der Waals surface area contributed by atoms with Crippen molar-refractivity contribution < 1.29 is 9.59 Å². The standard InChI is InChI=1S/C30H28N2O2S/c1-3-28(30(34)32(25-15-6-4-7-16-25)26-17-8-5-9-18-26)35-27-19-11-14-24(21-27)31-29(33)23-13-10-12-22(2)20-23/h4-21,28H,3H2,1-2H3,(H,31,33). The van der Waals surface area contributed by atoms with Crippen LogP contribution in [0, 0.1) is 6.92 Å². The van der Waals surface area contributed by atoms with Gasteiger partial charge in [-0.05, 0) is 67.9 Å². The topological polar surface area (TPSA) is 49.4 Å². The van der Waals surface area contributed by atoms with E-state index in [1.165, 1.54) is 11.8 Å². The maximum atomic E-state index is 13.8. The van der Waals surface area contributed by atoms with Crippen LogP contribution in [0.5, 0.6) is 0 Å². The van der Waals surface area contributed by atoms with E-state index in [1.54, 1.807) is 11.0 Å². The minimum Gasteiger partial charge on any atom is -0.322 e. The molecule has 2 amide bonds. The summed E-state index contributed by atoms with van der Waals surface area (Å²) >= 11 is 1.51. The molecule has 0 aliphatic carbocycles. The highest BCUT2D eigenvalue weighted by atomic mass is 32.2. The lowest BCUT2D eigenvalue weighted by Crippen LogP contribution is -2.34. The van der Waals surface area contributed by atoms with Gasteiger partial charge in [0.2, 0.25) is 5.91 Å². The van der Waals surface area contributed by atoms with Crippen molar-refractivity contribution in [2.45, 2.75) is 30.4 Å². The zero-order chi connectivity index (χ0) is 24.6. The molecular formula is C30H28N2O2S. The van der Waals surface area contributed by atoms with E-state index in [2.05, 4.69) is 5.32 Å². The van der Waals surface area contributed by atoms with Crippen molar-refractivity contribution in [2.24, 2.45) is 0 Å². The number of thioether (sulfide) groups is 1. The highest BCUT2D eigenvalue weighted by Crippen LogP contribution is 2.33. The summed E-state index contributed by atoms with van der Waals surface area (Å²) in [4.78, 5) is 29.2. The average Bonchev–Trinajstić information content (AvgIpc) is 2.89. The molecule has 0 aliphatic rings. The van der Waals surface area contributed by atoms with E-state index in [-0.39, 0.29) is 17.1 Å². The molecule has 4 aromatic carbocycles. The smallest absolute Gasteiger partial charge is 0.255 e. The first kappa shape index (κ1) is 24.3. The molecule has 0 heterocycles. The molecule has 0 aliphatic heterocycles. The molecule has 176 valence electrons. The van der Waals surface area contributed by atoms with Gasteiger partial charge in [-0.25, -0.2) is 0 Å². The lowest BCUT2D eigenvalue weighted by atomic mass is 10.1.